The fourth-order valence-corrected chi connectivity index (χ4v) is 5.74. The molecule has 1 fully saturated rings. The minimum atomic E-state index is -0.0797. The smallest absolute Gasteiger partial charge is 0.222 e. The van der Waals surface area contributed by atoms with E-state index in [9.17, 15) is 4.79 Å². The number of carbonyl (C=O) groups excluding carboxylic acids is 1. The average molecular weight is 425 g/mol. The maximum atomic E-state index is 12.9. The number of benzene rings is 1. The molecule has 0 atom stereocenters. The predicted molar refractivity (Wildman–Crippen MR) is 125 cm³/mol. The summed E-state index contributed by atoms with van der Waals surface area (Å²) in [6.45, 7) is 6.02. The number of rotatable bonds is 8. The second-order valence-electron chi connectivity index (χ2n) is 8.72. The molecule has 1 aliphatic rings. The SMILES string of the molecule is CC(C)Cn1c(CCNC(=O)CC2(n3cccc3)CCSCC2)nc2ccccc21. The summed E-state index contributed by atoms with van der Waals surface area (Å²) in [7, 11) is 0. The van der Waals surface area contributed by atoms with E-state index >= 15 is 0 Å². The molecule has 2 aromatic heterocycles. The van der Waals surface area contributed by atoms with Gasteiger partial charge in [-0.3, -0.25) is 4.79 Å². The Balaban J connectivity index is 1.41. The van der Waals surface area contributed by atoms with Crippen molar-refractivity contribution in [2.24, 2.45) is 5.92 Å². The van der Waals surface area contributed by atoms with E-state index in [1.54, 1.807) is 0 Å². The van der Waals surface area contributed by atoms with E-state index in [0.29, 0.717) is 18.9 Å². The van der Waals surface area contributed by atoms with E-state index in [2.05, 4.69) is 71.0 Å². The molecule has 1 aromatic carbocycles. The normalized spacial score (nSPS) is 16.2. The minimum absolute atomic E-state index is 0.0797. The molecule has 0 aliphatic carbocycles. The van der Waals surface area contributed by atoms with Gasteiger partial charge in [-0.05, 0) is 54.5 Å². The van der Waals surface area contributed by atoms with Crippen molar-refractivity contribution in [3.63, 3.8) is 0 Å². The summed E-state index contributed by atoms with van der Waals surface area (Å²) in [6.07, 6.45) is 7.60. The Hall–Kier alpha value is -2.21. The molecule has 1 saturated heterocycles. The fourth-order valence-electron chi connectivity index (χ4n) is 4.49. The summed E-state index contributed by atoms with van der Waals surface area (Å²) >= 11 is 1.99. The van der Waals surface area contributed by atoms with Gasteiger partial charge in [-0.25, -0.2) is 4.98 Å². The Morgan fingerprint density at radius 1 is 1.17 bits per heavy atom. The molecule has 0 unspecified atom stereocenters. The summed E-state index contributed by atoms with van der Waals surface area (Å²) in [5.74, 6) is 3.97. The first-order valence-corrected chi connectivity index (χ1v) is 12.1. The zero-order chi connectivity index (χ0) is 21.0. The standard InChI is InChI=1S/C24H32N4OS/c1-19(2)18-28-21-8-4-3-7-20(21)26-22(28)9-12-25-23(29)17-24(10-15-30-16-11-24)27-13-5-6-14-27/h3-8,13-14,19H,9-12,15-18H2,1-2H3,(H,25,29). The van der Waals surface area contributed by atoms with Gasteiger partial charge in [0.05, 0.1) is 23.0 Å². The first-order chi connectivity index (χ1) is 14.6. The number of fused-ring (bicyclic) bond motifs is 1. The third-order valence-electron chi connectivity index (χ3n) is 6.02. The summed E-state index contributed by atoms with van der Waals surface area (Å²) in [4.78, 5) is 17.7. The van der Waals surface area contributed by atoms with Crippen molar-refractivity contribution in [3.8, 4) is 0 Å². The second kappa shape index (κ2) is 9.29. The second-order valence-corrected chi connectivity index (χ2v) is 9.95. The van der Waals surface area contributed by atoms with Crippen molar-refractivity contribution in [3.05, 3.63) is 54.6 Å². The van der Waals surface area contributed by atoms with Crippen molar-refractivity contribution in [1.29, 1.82) is 0 Å². The maximum Gasteiger partial charge on any atom is 0.222 e. The van der Waals surface area contributed by atoms with E-state index < -0.39 is 0 Å². The number of nitrogens with zero attached hydrogens (tertiary/aromatic N) is 3. The molecule has 4 rings (SSSR count). The van der Waals surface area contributed by atoms with Gasteiger partial charge < -0.3 is 14.5 Å². The molecule has 6 heteroatoms. The number of hydrogen-bond acceptors (Lipinski definition) is 3. The molecule has 0 bridgehead atoms. The number of nitrogens with one attached hydrogen (secondary N) is 1. The van der Waals surface area contributed by atoms with Gasteiger partial charge in [-0.2, -0.15) is 11.8 Å². The van der Waals surface area contributed by atoms with Crippen molar-refractivity contribution >= 4 is 28.7 Å². The monoisotopic (exact) mass is 424 g/mol. The van der Waals surface area contributed by atoms with E-state index in [4.69, 9.17) is 4.98 Å². The number of para-hydroxylation sites is 2. The van der Waals surface area contributed by atoms with Gasteiger partial charge in [-0.15, -0.1) is 0 Å². The fraction of sp³-hybridized carbons (Fsp3) is 0.500. The van der Waals surface area contributed by atoms with Crippen LogP contribution in [0.5, 0.6) is 0 Å². The lowest BCUT2D eigenvalue weighted by Crippen LogP contribution is -2.42. The lowest BCUT2D eigenvalue weighted by Gasteiger charge is -2.38. The summed E-state index contributed by atoms with van der Waals surface area (Å²) in [5, 5.41) is 3.18. The van der Waals surface area contributed by atoms with Crippen molar-refractivity contribution in [2.75, 3.05) is 18.1 Å². The first kappa shape index (κ1) is 21.0. The number of imidazole rings is 1. The highest BCUT2D eigenvalue weighted by Crippen LogP contribution is 2.36. The van der Waals surface area contributed by atoms with E-state index in [0.717, 1.165) is 48.7 Å². The van der Waals surface area contributed by atoms with Crippen molar-refractivity contribution < 1.29 is 4.79 Å². The number of aromatic nitrogens is 3. The van der Waals surface area contributed by atoms with Gasteiger partial charge >= 0.3 is 0 Å². The largest absolute Gasteiger partial charge is 0.356 e. The maximum absolute atomic E-state index is 12.9. The van der Waals surface area contributed by atoms with Crippen LogP contribution in [0.1, 0.15) is 38.9 Å². The van der Waals surface area contributed by atoms with Crippen LogP contribution in [0.15, 0.2) is 48.8 Å². The molecular formula is C24H32N4OS. The van der Waals surface area contributed by atoms with Gasteiger partial charge in [-0.1, -0.05) is 26.0 Å². The molecule has 5 nitrogen and oxygen atoms in total. The highest BCUT2D eigenvalue weighted by Gasteiger charge is 2.35. The molecular weight excluding hydrogens is 392 g/mol. The third-order valence-corrected chi connectivity index (χ3v) is 7.00. The zero-order valence-corrected chi connectivity index (χ0v) is 18.8. The van der Waals surface area contributed by atoms with E-state index in [1.807, 2.05) is 17.8 Å². The van der Waals surface area contributed by atoms with E-state index in [1.165, 1.54) is 5.52 Å². The molecule has 160 valence electrons. The Morgan fingerprint density at radius 2 is 1.90 bits per heavy atom. The Morgan fingerprint density at radius 3 is 2.63 bits per heavy atom. The number of carbonyl (C=O) groups is 1. The van der Waals surface area contributed by atoms with Gasteiger partial charge in [0.15, 0.2) is 0 Å². The van der Waals surface area contributed by atoms with Crippen LogP contribution in [-0.4, -0.2) is 38.1 Å². The van der Waals surface area contributed by atoms with Crippen LogP contribution in [0, 0.1) is 5.92 Å². The van der Waals surface area contributed by atoms with Crippen LogP contribution < -0.4 is 5.32 Å². The summed E-state index contributed by atoms with van der Waals surface area (Å²) in [6, 6.07) is 12.4. The topological polar surface area (TPSA) is 51.9 Å². The van der Waals surface area contributed by atoms with Crippen molar-refractivity contribution in [2.45, 2.75) is 51.6 Å². The molecule has 1 amide bonds. The third kappa shape index (κ3) is 4.59. The molecule has 0 radical (unpaired) electrons. The average Bonchev–Trinajstić information content (AvgIpc) is 3.38. The van der Waals surface area contributed by atoms with Crippen LogP contribution in [0.3, 0.4) is 0 Å². The molecule has 1 aliphatic heterocycles. The summed E-state index contributed by atoms with van der Waals surface area (Å²) < 4.78 is 4.57. The minimum Gasteiger partial charge on any atom is -0.356 e. The molecule has 0 saturated carbocycles. The Bertz CT molecular complexity index is 970. The van der Waals surface area contributed by atoms with Crippen LogP contribution in [0.2, 0.25) is 0 Å². The Labute approximate surface area is 183 Å². The van der Waals surface area contributed by atoms with Crippen LogP contribution in [-0.2, 0) is 23.3 Å². The highest BCUT2D eigenvalue weighted by molar-refractivity contribution is 7.99. The quantitative estimate of drug-likeness (QED) is 0.581. The van der Waals surface area contributed by atoms with Crippen LogP contribution in [0.4, 0.5) is 0 Å². The molecule has 3 aromatic rings. The molecule has 0 spiro atoms. The molecule has 1 N–H and O–H groups in total. The lowest BCUT2D eigenvalue weighted by atomic mass is 9.87. The van der Waals surface area contributed by atoms with Gasteiger partial charge in [0.2, 0.25) is 5.91 Å². The number of thioether (sulfide) groups is 1. The highest BCUT2D eigenvalue weighted by atomic mass is 32.2. The van der Waals surface area contributed by atoms with Gasteiger partial charge in [0, 0.05) is 31.9 Å². The summed E-state index contributed by atoms with van der Waals surface area (Å²) in [5.41, 5.74) is 2.13. The zero-order valence-electron chi connectivity index (χ0n) is 18.0. The Kier molecular flexibility index (Phi) is 6.52. The number of amides is 1. The first-order valence-electron chi connectivity index (χ1n) is 11.0. The lowest BCUT2D eigenvalue weighted by molar-refractivity contribution is -0.123. The van der Waals surface area contributed by atoms with E-state index in [-0.39, 0.29) is 11.4 Å². The van der Waals surface area contributed by atoms with Crippen LogP contribution in [0.25, 0.3) is 11.0 Å². The molecule has 30 heavy (non-hydrogen) atoms. The van der Waals surface area contributed by atoms with Gasteiger partial charge in [0.25, 0.3) is 0 Å². The molecule has 3 heterocycles. The van der Waals surface area contributed by atoms with Crippen molar-refractivity contribution in [1.82, 2.24) is 19.4 Å². The number of hydrogen-bond donors (Lipinski definition) is 1. The van der Waals surface area contributed by atoms with Gasteiger partial charge in [0.1, 0.15) is 5.82 Å². The van der Waals surface area contributed by atoms with Crippen LogP contribution >= 0.6 is 11.8 Å². The predicted octanol–water partition coefficient (Wildman–Crippen LogP) is 4.47.